The second-order valence-electron chi connectivity index (χ2n) is 14.1. The van der Waals surface area contributed by atoms with Gasteiger partial charge in [-0.1, -0.05) is 6.92 Å². The Labute approximate surface area is 283 Å². The molecule has 0 aliphatic carbocycles. The topological polar surface area (TPSA) is 156 Å². The van der Waals surface area contributed by atoms with Crippen molar-refractivity contribution in [1.29, 1.82) is 0 Å². The van der Waals surface area contributed by atoms with Crippen molar-refractivity contribution in [2.24, 2.45) is 0 Å². The molecule has 0 bridgehead atoms. The molecule has 2 amide bonds. The number of likely N-dealkylation sites (N-methyl/N-ethyl adjacent to an activating group) is 2. The summed E-state index contributed by atoms with van der Waals surface area (Å²) >= 11 is 0. The first-order chi connectivity index (χ1) is 22.9. The number of aryl methyl sites for hydroxylation is 1. The molecule has 2 aliphatic heterocycles. The first-order valence-corrected chi connectivity index (χ1v) is 16.0. The van der Waals surface area contributed by atoms with Crippen LogP contribution in [-0.4, -0.2) is 82.0 Å². The number of ether oxygens (including phenoxy) is 5. The zero-order valence-corrected chi connectivity index (χ0v) is 29.3. The minimum Gasteiger partial charge on any atom is -0.458 e. The third-order valence-corrected chi connectivity index (χ3v) is 7.98. The molecule has 0 fully saturated rings. The number of carbonyl (C=O) groups excluding carboxylic acids is 4. The summed E-state index contributed by atoms with van der Waals surface area (Å²) in [5, 5.41) is 0.763. The normalized spacial score (nSPS) is 15.0. The fourth-order valence-corrected chi connectivity index (χ4v) is 5.63. The van der Waals surface area contributed by atoms with Crippen molar-refractivity contribution in [3.05, 3.63) is 56.9 Å². The third-order valence-electron chi connectivity index (χ3n) is 7.98. The van der Waals surface area contributed by atoms with E-state index in [1.54, 1.807) is 77.4 Å². The summed E-state index contributed by atoms with van der Waals surface area (Å²) in [6, 6.07) is 6.74. The van der Waals surface area contributed by atoms with E-state index in [-0.39, 0.29) is 42.9 Å². The average molecular weight is 679 g/mol. The van der Waals surface area contributed by atoms with Crippen molar-refractivity contribution in [2.45, 2.75) is 85.3 Å². The number of fused-ring (bicyclic) bond motifs is 5. The predicted octanol–water partition coefficient (Wildman–Crippen LogP) is 5.33. The van der Waals surface area contributed by atoms with Crippen LogP contribution < -0.4 is 10.3 Å². The van der Waals surface area contributed by atoms with Gasteiger partial charge in [0.25, 0.3) is 5.56 Å². The summed E-state index contributed by atoms with van der Waals surface area (Å²) in [5.41, 5.74) is 2.06. The number of esters is 1. The van der Waals surface area contributed by atoms with E-state index in [0.29, 0.717) is 29.1 Å². The molecular formula is C35H42N4O10. The Bertz CT molecular complexity index is 1900. The molecule has 262 valence electrons. The molecule has 2 aromatic heterocycles. The molecule has 0 N–H and O–H groups in total. The fraction of sp³-hybridized carbons (Fsp3) is 0.486. The average Bonchev–Trinajstić information content (AvgIpc) is 3.36. The maximum absolute atomic E-state index is 13.8. The minimum absolute atomic E-state index is 0.0880. The minimum atomic E-state index is -1.48. The number of nitrogens with zero attached hydrogens (tertiary/aromatic N) is 4. The van der Waals surface area contributed by atoms with Crippen LogP contribution in [0.2, 0.25) is 0 Å². The Morgan fingerprint density at radius 2 is 1.59 bits per heavy atom. The van der Waals surface area contributed by atoms with Gasteiger partial charge in [-0.3, -0.25) is 4.79 Å². The van der Waals surface area contributed by atoms with E-state index in [2.05, 4.69) is 0 Å². The van der Waals surface area contributed by atoms with Gasteiger partial charge < -0.3 is 38.1 Å². The zero-order valence-electron chi connectivity index (χ0n) is 29.3. The lowest BCUT2D eigenvalue weighted by molar-refractivity contribution is -0.158. The SMILES string of the molecule is CCc1c2c(nc3ccc(OC(=O)OC(C)(C)C)cc13)-c1cc3c(c(=O)n1C2)COC(=O)C3OC(=O)N(C)CCN(C)C(=O)OC(C)(C)C. The van der Waals surface area contributed by atoms with Gasteiger partial charge in [-0.2, -0.15) is 0 Å². The first-order valence-electron chi connectivity index (χ1n) is 16.0. The Morgan fingerprint density at radius 1 is 0.939 bits per heavy atom. The van der Waals surface area contributed by atoms with Crippen LogP contribution in [0.15, 0.2) is 29.1 Å². The highest BCUT2D eigenvalue weighted by Gasteiger charge is 2.38. The van der Waals surface area contributed by atoms with Gasteiger partial charge in [0.1, 0.15) is 23.6 Å². The molecule has 1 aromatic carbocycles. The number of amides is 2. The molecule has 0 saturated carbocycles. The lowest BCUT2D eigenvalue weighted by atomic mass is 9.97. The van der Waals surface area contributed by atoms with E-state index in [0.717, 1.165) is 16.5 Å². The largest absolute Gasteiger partial charge is 0.514 e. The van der Waals surface area contributed by atoms with E-state index in [1.165, 1.54) is 16.8 Å². The van der Waals surface area contributed by atoms with Crippen LogP contribution in [0.1, 0.15) is 76.8 Å². The van der Waals surface area contributed by atoms with Crippen LogP contribution in [0.25, 0.3) is 22.3 Å². The molecule has 0 radical (unpaired) electrons. The second kappa shape index (κ2) is 13.1. The maximum atomic E-state index is 13.8. The van der Waals surface area contributed by atoms with E-state index in [1.807, 2.05) is 6.92 Å². The van der Waals surface area contributed by atoms with Crippen molar-refractivity contribution in [3.63, 3.8) is 0 Å². The monoisotopic (exact) mass is 678 g/mol. The summed E-state index contributed by atoms with van der Waals surface area (Å²) in [6.07, 6.45) is -3.10. The van der Waals surface area contributed by atoms with E-state index in [9.17, 15) is 24.0 Å². The molecular weight excluding hydrogens is 636 g/mol. The highest BCUT2D eigenvalue weighted by atomic mass is 16.7. The van der Waals surface area contributed by atoms with Crippen LogP contribution in [0.4, 0.5) is 14.4 Å². The van der Waals surface area contributed by atoms with Crippen LogP contribution in [-0.2, 0) is 43.3 Å². The van der Waals surface area contributed by atoms with Gasteiger partial charge in [-0.15, -0.1) is 0 Å². The summed E-state index contributed by atoms with van der Waals surface area (Å²) in [5.74, 6) is -0.510. The second-order valence-corrected chi connectivity index (χ2v) is 14.1. The summed E-state index contributed by atoms with van der Waals surface area (Å²) in [4.78, 5) is 72.0. The zero-order chi connectivity index (χ0) is 36.0. The van der Waals surface area contributed by atoms with E-state index >= 15 is 0 Å². The van der Waals surface area contributed by atoms with Gasteiger partial charge >= 0.3 is 24.3 Å². The standard InChI is InChI=1S/C35H42N4O10/c1-10-20-21-15-19(46-33(44)49-35(5,6)7)11-12-25(21)36-27-23(20)17-39-26(27)16-22-24(29(39)40)18-45-30(41)28(22)47-31(42)37(8)13-14-38(9)32(43)48-34(2,3)4/h11-12,15-16,28H,10,13-14,17-18H2,1-9H3. The van der Waals surface area contributed by atoms with Crippen molar-refractivity contribution in [1.82, 2.24) is 19.4 Å². The van der Waals surface area contributed by atoms with Gasteiger partial charge in [-0.05, 0) is 77.8 Å². The smallest absolute Gasteiger partial charge is 0.458 e. The van der Waals surface area contributed by atoms with Gasteiger partial charge in [0.05, 0.1) is 29.0 Å². The Morgan fingerprint density at radius 3 is 2.22 bits per heavy atom. The Balaban J connectivity index is 1.42. The van der Waals surface area contributed by atoms with E-state index < -0.39 is 41.6 Å². The van der Waals surface area contributed by atoms with Crippen LogP contribution in [0.5, 0.6) is 5.75 Å². The van der Waals surface area contributed by atoms with Crippen LogP contribution in [0.3, 0.4) is 0 Å². The number of hydrogen-bond donors (Lipinski definition) is 0. The number of hydrogen-bond acceptors (Lipinski definition) is 11. The third kappa shape index (κ3) is 7.47. The van der Waals surface area contributed by atoms with Crippen LogP contribution in [0, 0.1) is 0 Å². The number of pyridine rings is 2. The van der Waals surface area contributed by atoms with E-state index in [4.69, 9.17) is 28.7 Å². The Kier molecular flexibility index (Phi) is 9.37. The molecule has 5 rings (SSSR count). The maximum Gasteiger partial charge on any atom is 0.514 e. The highest BCUT2D eigenvalue weighted by molar-refractivity contribution is 5.90. The molecule has 0 spiro atoms. The van der Waals surface area contributed by atoms with Crippen molar-refractivity contribution in [2.75, 3.05) is 27.2 Å². The summed E-state index contributed by atoms with van der Waals surface area (Å²) in [7, 11) is 3.02. The fourth-order valence-electron chi connectivity index (χ4n) is 5.63. The van der Waals surface area contributed by atoms with Crippen molar-refractivity contribution in [3.8, 4) is 17.1 Å². The quantitative estimate of drug-likeness (QED) is 0.147. The molecule has 0 saturated heterocycles. The number of benzene rings is 1. The lowest BCUT2D eigenvalue weighted by Gasteiger charge is -2.28. The predicted molar refractivity (Wildman–Crippen MR) is 177 cm³/mol. The molecule has 2 aliphatic rings. The number of aromatic nitrogens is 2. The summed E-state index contributed by atoms with van der Waals surface area (Å²) < 4.78 is 28.5. The molecule has 49 heavy (non-hydrogen) atoms. The molecule has 1 unspecified atom stereocenters. The molecule has 14 heteroatoms. The number of carbonyl (C=O) groups is 4. The molecule has 1 atom stereocenters. The number of rotatable bonds is 6. The van der Waals surface area contributed by atoms with Gasteiger partial charge in [0, 0.05) is 43.7 Å². The van der Waals surface area contributed by atoms with Gasteiger partial charge in [-0.25, -0.2) is 24.2 Å². The first kappa shape index (κ1) is 35.2. The van der Waals surface area contributed by atoms with Crippen LogP contribution >= 0.6 is 0 Å². The number of cyclic esters (lactones) is 1. The Hall–Kier alpha value is -5.14. The molecule has 3 aromatic rings. The molecule has 4 heterocycles. The van der Waals surface area contributed by atoms with Crippen molar-refractivity contribution >= 4 is 35.2 Å². The van der Waals surface area contributed by atoms with Gasteiger partial charge in [0.15, 0.2) is 0 Å². The van der Waals surface area contributed by atoms with Gasteiger partial charge in [0.2, 0.25) is 6.10 Å². The van der Waals surface area contributed by atoms with Crippen molar-refractivity contribution < 1.29 is 42.9 Å². The molecule has 14 nitrogen and oxygen atoms in total. The highest BCUT2D eigenvalue weighted by Crippen LogP contribution is 2.39. The lowest BCUT2D eigenvalue weighted by Crippen LogP contribution is -2.41. The summed E-state index contributed by atoms with van der Waals surface area (Å²) in [6.45, 7) is 12.7.